The van der Waals surface area contributed by atoms with Crippen molar-refractivity contribution < 1.29 is 0 Å². The molecule has 2 nitrogen and oxygen atoms in total. The summed E-state index contributed by atoms with van der Waals surface area (Å²) in [5.74, 6) is 0.890. The number of likely N-dealkylation sites (tertiary alicyclic amines) is 1. The average Bonchev–Trinajstić information content (AvgIpc) is 2.07. The molecule has 2 aliphatic heterocycles. The lowest BCUT2D eigenvalue weighted by Gasteiger charge is -2.28. The van der Waals surface area contributed by atoms with Crippen LogP contribution < -0.4 is 0 Å². The molecule has 2 atom stereocenters. The molecule has 2 fully saturated rings. The van der Waals surface area contributed by atoms with E-state index in [0.29, 0.717) is 0 Å². The van der Waals surface area contributed by atoms with Gasteiger partial charge in [0.2, 0.25) is 0 Å². The van der Waals surface area contributed by atoms with Crippen molar-refractivity contribution in [3.8, 4) is 0 Å². The third-order valence-corrected chi connectivity index (χ3v) is 3.05. The van der Waals surface area contributed by atoms with Crippen LogP contribution in [0.1, 0.15) is 6.42 Å². The Labute approximate surface area is 67.7 Å². The number of likely N-dealkylation sites (N-methyl/N-ethyl adjacent to an activating group) is 1. The fourth-order valence-corrected chi connectivity index (χ4v) is 2.57. The highest BCUT2D eigenvalue weighted by Crippen LogP contribution is 2.29. The van der Waals surface area contributed by atoms with Crippen LogP contribution in [0.15, 0.2) is 0 Å². The maximum absolute atomic E-state index is 4.41. The van der Waals surface area contributed by atoms with Gasteiger partial charge >= 0.3 is 0 Å². The average molecular weight is 158 g/mol. The van der Waals surface area contributed by atoms with Crippen molar-refractivity contribution in [1.82, 2.24) is 9.21 Å². The van der Waals surface area contributed by atoms with Crippen LogP contribution in [0.4, 0.5) is 0 Å². The number of fused-ring (bicyclic) bond motifs is 2. The summed E-state index contributed by atoms with van der Waals surface area (Å²) in [7, 11) is 2.20. The maximum Gasteiger partial charge on any atom is 0.0331 e. The molecular formula is C7H14N2S. The molecule has 0 amide bonds. The highest BCUT2D eigenvalue weighted by molar-refractivity contribution is 7.77. The molecule has 0 spiro atoms. The molecule has 2 rings (SSSR count). The van der Waals surface area contributed by atoms with Gasteiger partial charge in [-0.15, -0.1) is 0 Å². The molecule has 0 aliphatic carbocycles. The highest BCUT2D eigenvalue weighted by atomic mass is 32.1. The molecule has 0 aromatic heterocycles. The molecule has 58 valence electrons. The quantitative estimate of drug-likeness (QED) is 0.512. The predicted molar refractivity (Wildman–Crippen MR) is 45.1 cm³/mol. The second-order valence-corrected chi connectivity index (χ2v) is 4.11. The topological polar surface area (TPSA) is 6.48 Å². The van der Waals surface area contributed by atoms with Crippen LogP contribution in [-0.2, 0) is 0 Å². The lowest BCUT2D eigenvalue weighted by Crippen LogP contribution is -2.37. The van der Waals surface area contributed by atoms with Gasteiger partial charge in [-0.1, -0.05) is 12.8 Å². The number of piperidine rings is 1. The van der Waals surface area contributed by atoms with E-state index in [4.69, 9.17) is 0 Å². The number of thiol groups is 1. The number of rotatable bonds is 0. The van der Waals surface area contributed by atoms with Gasteiger partial charge in [0.15, 0.2) is 0 Å². The zero-order valence-corrected chi connectivity index (χ0v) is 7.22. The third kappa shape index (κ3) is 1.06. The van der Waals surface area contributed by atoms with Gasteiger partial charge in [0.25, 0.3) is 0 Å². The Hall–Kier alpha value is 0.270. The monoisotopic (exact) mass is 158 g/mol. The van der Waals surface area contributed by atoms with Crippen LogP contribution in [0.25, 0.3) is 0 Å². The van der Waals surface area contributed by atoms with Crippen molar-refractivity contribution >= 4 is 12.8 Å². The van der Waals surface area contributed by atoms with Crippen LogP contribution in [0.3, 0.4) is 0 Å². The van der Waals surface area contributed by atoms with E-state index >= 15 is 0 Å². The van der Waals surface area contributed by atoms with E-state index in [1.807, 2.05) is 0 Å². The molecule has 0 saturated carbocycles. The molecule has 3 heteroatoms. The van der Waals surface area contributed by atoms with Gasteiger partial charge in [0, 0.05) is 25.7 Å². The second kappa shape index (κ2) is 2.40. The van der Waals surface area contributed by atoms with E-state index in [1.165, 1.54) is 26.1 Å². The van der Waals surface area contributed by atoms with Gasteiger partial charge < -0.3 is 4.90 Å². The normalized spacial score (nSPS) is 42.6. The van der Waals surface area contributed by atoms with E-state index in [1.54, 1.807) is 0 Å². The molecule has 2 heterocycles. The Kier molecular flexibility index (Phi) is 1.66. The minimum Gasteiger partial charge on any atom is -0.304 e. The summed E-state index contributed by atoms with van der Waals surface area (Å²) in [6, 6.07) is 0.729. The summed E-state index contributed by atoms with van der Waals surface area (Å²) in [5.41, 5.74) is 0. The smallest absolute Gasteiger partial charge is 0.0331 e. The predicted octanol–water partition coefficient (Wildman–Crippen LogP) is 0.467. The fraction of sp³-hybridized carbons (Fsp3) is 1.00. The first kappa shape index (κ1) is 6.95. The van der Waals surface area contributed by atoms with E-state index in [0.717, 1.165) is 12.0 Å². The summed E-state index contributed by atoms with van der Waals surface area (Å²) in [5, 5.41) is 0. The van der Waals surface area contributed by atoms with E-state index in [9.17, 15) is 0 Å². The fourth-order valence-electron chi connectivity index (χ4n) is 2.17. The molecule has 0 aromatic carbocycles. The lowest BCUT2D eigenvalue weighted by atomic mass is 10.0. The zero-order chi connectivity index (χ0) is 7.14. The molecule has 2 saturated heterocycles. The molecule has 0 N–H and O–H groups in total. The van der Waals surface area contributed by atoms with Crippen molar-refractivity contribution in [2.24, 2.45) is 5.92 Å². The first-order chi connectivity index (χ1) is 4.75. The Morgan fingerprint density at radius 3 is 2.80 bits per heavy atom. The first-order valence-corrected chi connectivity index (χ1v) is 4.30. The Morgan fingerprint density at radius 1 is 1.30 bits per heavy atom. The van der Waals surface area contributed by atoms with Crippen LogP contribution in [-0.4, -0.2) is 41.9 Å². The van der Waals surface area contributed by atoms with Gasteiger partial charge in [-0.05, 0) is 19.4 Å². The minimum absolute atomic E-state index is 0.729. The standard InChI is InChI=1S/C7H14N2S/c1-8-3-6-2-7(5-8)9(10)4-6/h6-7,10H,2-5H2,1H3. The summed E-state index contributed by atoms with van der Waals surface area (Å²) < 4.78 is 2.20. The lowest BCUT2D eigenvalue weighted by molar-refractivity contribution is 0.223. The second-order valence-electron chi connectivity index (χ2n) is 3.60. The van der Waals surface area contributed by atoms with Gasteiger partial charge in [0.05, 0.1) is 0 Å². The SMILES string of the molecule is CN1CC2CC(C1)N(S)C2. The number of nitrogens with zero attached hydrogens (tertiary/aromatic N) is 2. The van der Waals surface area contributed by atoms with Gasteiger partial charge in [-0.25, -0.2) is 4.31 Å². The van der Waals surface area contributed by atoms with E-state index < -0.39 is 0 Å². The summed E-state index contributed by atoms with van der Waals surface area (Å²) in [6.07, 6.45) is 1.37. The van der Waals surface area contributed by atoms with Crippen LogP contribution in [0.5, 0.6) is 0 Å². The first-order valence-electron chi connectivity index (χ1n) is 3.90. The third-order valence-electron chi connectivity index (χ3n) is 2.56. The Balaban J connectivity index is 2.06. The van der Waals surface area contributed by atoms with Crippen LogP contribution in [0.2, 0.25) is 0 Å². The molecule has 2 unspecified atom stereocenters. The molecule has 2 bridgehead atoms. The summed E-state index contributed by atoms with van der Waals surface area (Å²) in [6.45, 7) is 3.67. The van der Waals surface area contributed by atoms with Crippen molar-refractivity contribution in [2.75, 3.05) is 26.7 Å². The van der Waals surface area contributed by atoms with Crippen molar-refractivity contribution in [1.29, 1.82) is 0 Å². The van der Waals surface area contributed by atoms with Crippen molar-refractivity contribution in [3.05, 3.63) is 0 Å². The van der Waals surface area contributed by atoms with Crippen LogP contribution >= 0.6 is 12.8 Å². The molecule has 0 aromatic rings. The Bertz CT molecular complexity index is 135. The maximum atomic E-state index is 4.41. The molecule has 10 heavy (non-hydrogen) atoms. The number of hydrogen-bond acceptors (Lipinski definition) is 3. The van der Waals surface area contributed by atoms with E-state index in [2.05, 4.69) is 29.1 Å². The summed E-state index contributed by atoms with van der Waals surface area (Å²) in [4.78, 5) is 2.41. The largest absolute Gasteiger partial charge is 0.304 e. The van der Waals surface area contributed by atoms with Crippen LogP contribution in [0, 0.1) is 5.92 Å². The summed E-state index contributed by atoms with van der Waals surface area (Å²) >= 11 is 4.41. The van der Waals surface area contributed by atoms with Gasteiger partial charge in [-0.2, -0.15) is 0 Å². The minimum atomic E-state index is 0.729. The molecular weight excluding hydrogens is 144 g/mol. The van der Waals surface area contributed by atoms with Gasteiger partial charge in [0.1, 0.15) is 0 Å². The zero-order valence-electron chi connectivity index (χ0n) is 6.32. The Morgan fingerprint density at radius 2 is 2.10 bits per heavy atom. The van der Waals surface area contributed by atoms with E-state index in [-0.39, 0.29) is 0 Å². The highest BCUT2D eigenvalue weighted by Gasteiger charge is 2.35. The van der Waals surface area contributed by atoms with Crippen molar-refractivity contribution in [3.63, 3.8) is 0 Å². The molecule has 2 aliphatic rings. The van der Waals surface area contributed by atoms with Crippen molar-refractivity contribution in [2.45, 2.75) is 12.5 Å². The van der Waals surface area contributed by atoms with Gasteiger partial charge in [-0.3, -0.25) is 0 Å². The molecule has 0 radical (unpaired) electrons. The number of hydrogen-bond donors (Lipinski definition) is 1.